The highest BCUT2D eigenvalue weighted by Crippen LogP contribution is 2.10. The summed E-state index contributed by atoms with van der Waals surface area (Å²) in [6.45, 7) is 1.05. The van der Waals surface area contributed by atoms with E-state index >= 15 is 0 Å². The highest BCUT2D eigenvalue weighted by molar-refractivity contribution is 5.36. The molecule has 0 saturated carbocycles. The minimum absolute atomic E-state index is 0.522. The van der Waals surface area contributed by atoms with Crippen LogP contribution in [0, 0.1) is 0 Å². The van der Waals surface area contributed by atoms with Gasteiger partial charge in [-0.15, -0.1) is 0 Å². The summed E-state index contributed by atoms with van der Waals surface area (Å²) in [5, 5.41) is 2.92. The first-order valence-corrected chi connectivity index (χ1v) is 3.83. The van der Waals surface area contributed by atoms with Gasteiger partial charge in [0, 0.05) is 13.6 Å². The van der Waals surface area contributed by atoms with Gasteiger partial charge in [-0.2, -0.15) is 0 Å². The second-order valence-corrected chi connectivity index (χ2v) is 2.27. The van der Waals surface area contributed by atoms with E-state index in [9.17, 15) is 0 Å². The maximum Gasteiger partial charge on any atom is 0.137 e. The summed E-state index contributed by atoms with van der Waals surface area (Å²) in [6.07, 6.45) is 1.67. The SMILES string of the molecule is CNc1ccc(OCCN)cn1. The van der Waals surface area contributed by atoms with Gasteiger partial charge in [-0.3, -0.25) is 0 Å². The fourth-order valence-corrected chi connectivity index (χ4v) is 0.790. The van der Waals surface area contributed by atoms with Gasteiger partial charge in [0.1, 0.15) is 18.2 Å². The second-order valence-electron chi connectivity index (χ2n) is 2.27. The molecule has 0 aromatic carbocycles. The van der Waals surface area contributed by atoms with Crippen molar-refractivity contribution in [1.82, 2.24) is 4.98 Å². The lowest BCUT2D eigenvalue weighted by atomic mass is 10.4. The largest absolute Gasteiger partial charge is 0.491 e. The first kappa shape index (κ1) is 8.80. The Morgan fingerprint density at radius 1 is 1.58 bits per heavy atom. The van der Waals surface area contributed by atoms with E-state index in [1.54, 1.807) is 6.20 Å². The Hall–Kier alpha value is -1.29. The number of hydrogen-bond donors (Lipinski definition) is 2. The molecule has 0 aliphatic carbocycles. The molecule has 0 amide bonds. The molecule has 4 nitrogen and oxygen atoms in total. The van der Waals surface area contributed by atoms with Crippen LogP contribution in [0.1, 0.15) is 0 Å². The predicted molar refractivity (Wildman–Crippen MR) is 48.3 cm³/mol. The Bertz CT molecular complexity index is 222. The quantitative estimate of drug-likeness (QED) is 0.684. The number of anilines is 1. The van der Waals surface area contributed by atoms with Gasteiger partial charge >= 0.3 is 0 Å². The maximum atomic E-state index is 5.27. The molecule has 0 aliphatic rings. The number of nitrogens with one attached hydrogen (secondary N) is 1. The lowest BCUT2D eigenvalue weighted by molar-refractivity contribution is 0.327. The van der Waals surface area contributed by atoms with Gasteiger partial charge in [-0.1, -0.05) is 0 Å². The molecule has 1 heterocycles. The highest BCUT2D eigenvalue weighted by Gasteiger charge is 1.92. The van der Waals surface area contributed by atoms with Crippen LogP contribution in [0.3, 0.4) is 0 Å². The molecule has 0 spiro atoms. The van der Waals surface area contributed by atoms with Crippen LogP contribution in [-0.4, -0.2) is 25.2 Å². The van der Waals surface area contributed by atoms with Crippen molar-refractivity contribution in [1.29, 1.82) is 0 Å². The lowest BCUT2D eigenvalue weighted by Crippen LogP contribution is -2.10. The molecule has 12 heavy (non-hydrogen) atoms. The minimum atomic E-state index is 0.522. The van der Waals surface area contributed by atoms with E-state index in [1.807, 2.05) is 19.2 Å². The van der Waals surface area contributed by atoms with E-state index in [4.69, 9.17) is 10.5 Å². The zero-order valence-corrected chi connectivity index (χ0v) is 7.08. The lowest BCUT2D eigenvalue weighted by Gasteiger charge is -2.04. The van der Waals surface area contributed by atoms with Crippen molar-refractivity contribution < 1.29 is 4.74 Å². The third-order valence-electron chi connectivity index (χ3n) is 1.38. The van der Waals surface area contributed by atoms with Gasteiger partial charge in [-0.05, 0) is 12.1 Å². The zero-order valence-electron chi connectivity index (χ0n) is 7.08. The Labute approximate surface area is 71.7 Å². The molecule has 3 N–H and O–H groups in total. The number of pyridine rings is 1. The van der Waals surface area contributed by atoms with Crippen LogP contribution in [0.2, 0.25) is 0 Å². The number of hydrogen-bond acceptors (Lipinski definition) is 4. The number of nitrogens with zero attached hydrogens (tertiary/aromatic N) is 1. The van der Waals surface area contributed by atoms with E-state index in [1.165, 1.54) is 0 Å². The first-order chi connectivity index (χ1) is 5.86. The Morgan fingerprint density at radius 3 is 2.92 bits per heavy atom. The summed E-state index contributed by atoms with van der Waals surface area (Å²) >= 11 is 0. The van der Waals surface area contributed by atoms with E-state index in [-0.39, 0.29) is 0 Å². The van der Waals surface area contributed by atoms with Crippen molar-refractivity contribution in [3.8, 4) is 5.75 Å². The van der Waals surface area contributed by atoms with Crippen molar-refractivity contribution in [3.05, 3.63) is 18.3 Å². The normalized spacial score (nSPS) is 9.50. The predicted octanol–water partition coefficient (Wildman–Crippen LogP) is 0.461. The molecular formula is C8H13N3O. The van der Waals surface area contributed by atoms with Gasteiger partial charge in [-0.25, -0.2) is 4.98 Å². The third-order valence-corrected chi connectivity index (χ3v) is 1.38. The molecule has 0 radical (unpaired) electrons. The van der Waals surface area contributed by atoms with Crippen molar-refractivity contribution in [2.45, 2.75) is 0 Å². The molecule has 66 valence electrons. The van der Waals surface area contributed by atoms with Gasteiger partial charge < -0.3 is 15.8 Å². The molecule has 4 heteroatoms. The molecular weight excluding hydrogens is 154 g/mol. The molecule has 0 aliphatic heterocycles. The van der Waals surface area contributed by atoms with Crippen LogP contribution in [0.5, 0.6) is 5.75 Å². The smallest absolute Gasteiger partial charge is 0.137 e. The van der Waals surface area contributed by atoms with Crippen LogP contribution >= 0.6 is 0 Å². The monoisotopic (exact) mass is 167 g/mol. The Morgan fingerprint density at radius 2 is 2.42 bits per heavy atom. The molecule has 1 rings (SSSR count). The summed E-state index contributed by atoms with van der Waals surface area (Å²) in [6, 6.07) is 3.71. The van der Waals surface area contributed by atoms with Crippen molar-refractivity contribution >= 4 is 5.82 Å². The summed E-state index contributed by atoms with van der Waals surface area (Å²) in [5.74, 6) is 1.58. The second kappa shape index (κ2) is 4.56. The van der Waals surface area contributed by atoms with Crippen LogP contribution in [0.4, 0.5) is 5.82 Å². The Balaban J connectivity index is 2.53. The van der Waals surface area contributed by atoms with Gasteiger partial charge in [0.05, 0.1) is 6.20 Å². The van der Waals surface area contributed by atoms with Crippen LogP contribution in [0.25, 0.3) is 0 Å². The van der Waals surface area contributed by atoms with Gasteiger partial charge in [0.25, 0.3) is 0 Å². The molecule has 0 atom stereocenters. The summed E-state index contributed by atoms with van der Waals surface area (Å²) in [5.41, 5.74) is 5.27. The highest BCUT2D eigenvalue weighted by atomic mass is 16.5. The molecule has 1 aromatic heterocycles. The average molecular weight is 167 g/mol. The third kappa shape index (κ3) is 2.39. The van der Waals surface area contributed by atoms with Crippen molar-refractivity contribution in [3.63, 3.8) is 0 Å². The molecule has 0 saturated heterocycles. The summed E-state index contributed by atoms with van der Waals surface area (Å²) in [4.78, 5) is 4.07. The molecule has 0 unspecified atom stereocenters. The number of ether oxygens (including phenoxy) is 1. The van der Waals surface area contributed by atoms with Crippen molar-refractivity contribution in [2.75, 3.05) is 25.5 Å². The summed E-state index contributed by atoms with van der Waals surface area (Å²) < 4.78 is 5.24. The van der Waals surface area contributed by atoms with Crippen LogP contribution in [-0.2, 0) is 0 Å². The maximum absolute atomic E-state index is 5.27. The zero-order chi connectivity index (χ0) is 8.81. The minimum Gasteiger partial charge on any atom is -0.491 e. The van der Waals surface area contributed by atoms with Crippen molar-refractivity contribution in [2.24, 2.45) is 5.73 Å². The van der Waals surface area contributed by atoms with E-state index in [0.29, 0.717) is 13.2 Å². The topological polar surface area (TPSA) is 60.2 Å². The fraction of sp³-hybridized carbons (Fsp3) is 0.375. The summed E-state index contributed by atoms with van der Waals surface area (Å²) in [7, 11) is 1.82. The number of nitrogens with two attached hydrogens (primary N) is 1. The van der Waals surface area contributed by atoms with Crippen LogP contribution in [0.15, 0.2) is 18.3 Å². The fourth-order valence-electron chi connectivity index (χ4n) is 0.790. The van der Waals surface area contributed by atoms with E-state index in [2.05, 4.69) is 10.3 Å². The number of rotatable bonds is 4. The first-order valence-electron chi connectivity index (χ1n) is 3.83. The van der Waals surface area contributed by atoms with E-state index in [0.717, 1.165) is 11.6 Å². The number of aromatic nitrogens is 1. The molecule has 1 aromatic rings. The van der Waals surface area contributed by atoms with Gasteiger partial charge in [0.2, 0.25) is 0 Å². The van der Waals surface area contributed by atoms with E-state index < -0.39 is 0 Å². The van der Waals surface area contributed by atoms with Gasteiger partial charge in [0.15, 0.2) is 0 Å². The molecule has 0 bridgehead atoms. The molecule has 0 fully saturated rings. The average Bonchev–Trinajstić information content (AvgIpc) is 2.15. The van der Waals surface area contributed by atoms with Crippen LogP contribution < -0.4 is 15.8 Å². The standard InChI is InChI=1S/C8H13N3O/c1-10-8-3-2-7(6-11-8)12-5-4-9/h2-3,6H,4-5,9H2,1H3,(H,10,11). The Kier molecular flexibility index (Phi) is 3.35.